The van der Waals surface area contributed by atoms with Crippen LogP contribution in [0.15, 0.2) is 66.7 Å². The monoisotopic (exact) mass is 335 g/mol. The quantitative estimate of drug-likeness (QED) is 0.306. The van der Waals surface area contributed by atoms with Gasteiger partial charge in [-0.3, -0.25) is 14.9 Å². The minimum absolute atomic E-state index is 0.0283. The van der Waals surface area contributed by atoms with Gasteiger partial charge >= 0.3 is 5.97 Å². The second-order valence-electron chi connectivity index (χ2n) is 5.37. The molecule has 0 spiro atoms. The maximum Gasteiger partial charge on any atom is 0.338 e. The number of nitro benzene ring substituents is 1. The van der Waals surface area contributed by atoms with E-state index >= 15 is 0 Å². The van der Waals surface area contributed by atoms with E-state index in [2.05, 4.69) is 0 Å². The molecule has 3 aromatic carbocycles. The molecular weight excluding hydrogens is 322 g/mol. The average Bonchev–Trinajstić information content (AvgIpc) is 2.65. The Bertz CT molecular complexity index is 980. The second kappa shape index (κ2) is 6.92. The summed E-state index contributed by atoms with van der Waals surface area (Å²) in [7, 11) is 0. The summed E-state index contributed by atoms with van der Waals surface area (Å²) in [5.74, 6) is -1.12. The van der Waals surface area contributed by atoms with E-state index in [1.54, 1.807) is 12.1 Å². The number of ether oxygens (including phenoxy) is 1. The third-order valence-corrected chi connectivity index (χ3v) is 3.70. The maximum absolute atomic E-state index is 12.2. The number of carbonyl (C=O) groups is 2. The van der Waals surface area contributed by atoms with Gasteiger partial charge < -0.3 is 4.74 Å². The Morgan fingerprint density at radius 2 is 1.64 bits per heavy atom. The van der Waals surface area contributed by atoms with Gasteiger partial charge in [-0.2, -0.15) is 0 Å². The lowest BCUT2D eigenvalue weighted by atomic mass is 10.0. The van der Waals surface area contributed by atoms with E-state index in [0.717, 1.165) is 16.8 Å². The number of esters is 1. The van der Waals surface area contributed by atoms with Crippen molar-refractivity contribution < 1.29 is 19.2 Å². The zero-order chi connectivity index (χ0) is 17.8. The molecular formula is C19H13NO5. The Labute approximate surface area is 142 Å². The first-order chi connectivity index (χ1) is 12.0. The van der Waals surface area contributed by atoms with Gasteiger partial charge in [0.2, 0.25) is 0 Å². The van der Waals surface area contributed by atoms with Crippen molar-refractivity contribution in [2.75, 3.05) is 6.61 Å². The van der Waals surface area contributed by atoms with E-state index in [9.17, 15) is 19.7 Å². The zero-order valence-corrected chi connectivity index (χ0v) is 13.0. The number of rotatable bonds is 5. The largest absolute Gasteiger partial charge is 0.454 e. The molecule has 6 nitrogen and oxygen atoms in total. The molecule has 3 rings (SSSR count). The number of Topliss-reactive ketones (excluding diaryl/α,β-unsaturated/α-hetero) is 1. The topological polar surface area (TPSA) is 86.5 Å². The van der Waals surface area contributed by atoms with Crippen LogP contribution >= 0.6 is 0 Å². The molecule has 0 atom stereocenters. The summed E-state index contributed by atoms with van der Waals surface area (Å²) in [5.41, 5.74) is 0.251. The molecule has 0 aromatic heterocycles. The molecule has 0 heterocycles. The van der Waals surface area contributed by atoms with Gasteiger partial charge in [0.15, 0.2) is 12.4 Å². The first-order valence-corrected chi connectivity index (χ1v) is 7.48. The van der Waals surface area contributed by atoms with Crippen LogP contribution in [0, 0.1) is 10.1 Å². The third kappa shape index (κ3) is 3.69. The predicted molar refractivity (Wildman–Crippen MR) is 91.7 cm³/mol. The molecule has 3 aromatic rings. The van der Waals surface area contributed by atoms with Crippen LogP contribution in [0.5, 0.6) is 0 Å². The van der Waals surface area contributed by atoms with Crippen LogP contribution in [0.3, 0.4) is 0 Å². The lowest BCUT2D eigenvalue weighted by Gasteiger charge is -2.05. The van der Waals surface area contributed by atoms with Crippen LogP contribution in [0.4, 0.5) is 5.69 Å². The number of nitrogens with zero attached hydrogens (tertiary/aromatic N) is 1. The Morgan fingerprint density at radius 3 is 2.40 bits per heavy atom. The minimum atomic E-state index is -0.780. The highest BCUT2D eigenvalue weighted by Gasteiger charge is 2.15. The van der Waals surface area contributed by atoms with Crippen molar-refractivity contribution in [3.05, 3.63) is 88.0 Å². The Hall–Kier alpha value is -3.54. The predicted octanol–water partition coefficient (Wildman–Crippen LogP) is 3.79. The van der Waals surface area contributed by atoms with Gasteiger partial charge in [-0.1, -0.05) is 42.5 Å². The fraction of sp³-hybridized carbons (Fsp3) is 0.0526. The highest BCUT2D eigenvalue weighted by molar-refractivity contribution is 6.02. The number of benzene rings is 3. The van der Waals surface area contributed by atoms with Crippen molar-refractivity contribution in [1.29, 1.82) is 0 Å². The lowest BCUT2D eigenvalue weighted by molar-refractivity contribution is -0.384. The fourth-order valence-electron chi connectivity index (χ4n) is 2.41. The van der Waals surface area contributed by atoms with Gasteiger partial charge in [-0.15, -0.1) is 0 Å². The molecule has 0 N–H and O–H groups in total. The van der Waals surface area contributed by atoms with E-state index in [1.807, 2.05) is 30.3 Å². The van der Waals surface area contributed by atoms with Crippen LogP contribution in [0.2, 0.25) is 0 Å². The van der Waals surface area contributed by atoms with Gasteiger partial charge in [0.25, 0.3) is 5.69 Å². The van der Waals surface area contributed by atoms with Gasteiger partial charge in [0.05, 0.1) is 10.5 Å². The molecule has 0 saturated heterocycles. The Balaban J connectivity index is 1.69. The van der Waals surface area contributed by atoms with Crippen LogP contribution in [-0.4, -0.2) is 23.3 Å². The smallest absolute Gasteiger partial charge is 0.338 e. The maximum atomic E-state index is 12.2. The molecule has 0 fully saturated rings. The standard InChI is InChI=1S/C19H13NO5/c21-18(15-9-8-13-4-1-2-5-14(13)10-15)12-25-19(22)16-6-3-7-17(11-16)20(23)24/h1-11H,12H2. The number of hydrogen-bond acceptors (Lipinski definition) is 5. The Kier molecular flexibility index (Phi) is 4.52. The summed E-state index contributed by atoms with van der Waals surface area (Å²) in [4.78, 5) is 34.3. The van der Waals surface area contributed by atoms with Crippen molar-refractivity contribution in [2.45, 2.75) is 0 Å². The molecule has 0 amide bonds. The fourth-order valence-corrected chi connectivity index (χ4v) is 2.41. The third-order valence-electron chi connectivity index (χ3n) is 3.70. The minimum Gasteiger partial charge on any atom is -0.454 e. The number of hydrogen-bond donors (Lipinski definition) is 0. The van der Waals surface area contributed by atoms with E-state index < -0.39 is 17.5 Å². The molecule has 0 aliphatic heterocycles. The molecule has 0 aliphatic carbocycles. The van der Waals surface area contributed by atoms with Crippen molar-refractivity contribution >= 4 is 28.2 Å². The van der Waals surface area contributed by atoms with E-state index in [-0.39, 0.29) is 17.0 Å². The van der Waals surface area contributed by atoms with Crippen molar-refractivity contribution in [3.8, 4) is 0 Å². The van der Waals surface area contributed by atoms with E-state index in [4.69, 9.17) is 4.74 Å². The average molecular weight is 335 g/mol. The van der Waals surface area contributed by atoms with E-state index in [1.165, 1.54) is 18.2 Å². The van der Waals surface area contributed by atoms with Crippen LogP contribution in [0.1, 0.15) is 20.7 Å². The summed E-state index contributed by atoms with van der Waals surface area (Å²) < 4.78 is 4.98. The van der Waals surface area contributed by atoms with Crippen molar-refractivity contribution in [2.24, 2.45) is 0 Å². The number of ketones is 1. The molecule has 0 unspecified atom stereocenters. The highest BCUT2D eigenvalue weighted by atomic mass is 16.6. The summed E-state index contributed by atoms with van der Waals surface area (Å²) in [6.45, 7) is -0.431. The van der Waals surface area contributed by atoms with E-state index in [0.29, 0.717) is 5.56 Å². The molecule has 6 heteroatoms. The summed E-state index contributed by atoms with van der Waals surface area (Å²) >= 11 is 0. The van der Waals surface area contributed by atoms with Crippen molar-refractivity contribution in [1.82, 2.24) is 0 Å². The summed E-state index contributed by atoms with van der Waals surface area (Å²) in [5, 5.41) is 12.7. The molecule has 0 saturated carbocycles. The van der Waals surface area contributed by atoms with Crippen LogP contribution < -0.4 is 0 Å². The zero-order valence-electron chi connectivity index (χ0n) is 13.0. The van der Waals surface area contributed by atoms with Gasteiger partial charge in [-0.25, -0.2) is 4.79 Å². The summed E-state index contributed by atoms with van der Waals surface area (Å²) in [6.07, 6.45) is 0. The van der Waals surface area contributed by atoms with Crippen LogP contribution in [0.25, 0.3) is 10.8 Å². The van der Waals surface area contributed by atoms with Crippen LogP contribution in [-0.2, 0) is 4.74 Å². The number of non-ortho nitro benzene ring substituents is 1. The van der Waals surface area contributed by atoms with Gasteiger partial charge in [0, 0.05) is 17.7 Å². The van der Waals surface area contributed by atoms with Gasteiger partial charge in [0.1, 0.15) is 0 Å². The first-order valence-electron chi connectivity index (χ1n) is 7.48. The molecule has 0 bridgehead atoms. The number of nitro groups is 1. The highest BCUT2D eigenvalue weighted by Crippen LogP contribution is 2.17. The summed E-state index contributed by atoms with van der Waals surface area (Å²) in [6, 6.07) is 18.0. The van der Waals surface area contributed by atoms with Gasteiger partial charge in [-0.05, 0) is 22.9 Å². The number of carbonyl (C=O) groups excluding carboxylic acids is 2. The Morgan fingerprint density at radius 1 is 0.880 bits per heavy atom. The molecule has 25 heavy (non-hydrogen) atoms. The van der Waals surface area contributed by atoms with Crippen molar-refractivity contribution in [3.63, 3.8) is 0 Å². The molecule has 124 valence electrons. The molecule has 0 aliphatic rings. The normalized spacial score (nSPS) is 10.4. The number of fused-ring (bicyclic) bond motifs is 1. The lowest BCUT2D eigenvalue weighted by Crippen LogP contribution is -2.14. The second-order valence-corrected chi connectivity index (χ2v) is 5.37. The first kappa shape index (κ1) is 16.3. The SMILES string of the molecule is O=C(COC(=O)c1cccc([N+](=O)[O-])c1)c1ccc2ccccc2c1. The molecule has 0 radical (unpaired) electrons.